The number of benzene rings is 4. The van der Waals surface area contributed by atoms with Crippen molar-refractivity contribution in [1.82, 2.24) is 0 Å². The van der Waals surface area contributed by atoms with E-state index >= 15 is 0 Å². The smallest absolute Gasteiger partial charge is 0.00989 e. The summed E-state index contributed by atoms with van der Waals surface area (Å²) in [5, 5.41) is 8.27. The minimum absolute atomic E-state index is 1.08. The van der Waals surface area contributed by atoms with Crippen molar-refractivity contribution in [1.29, 1.82) is 0 Å². The number of fused-ring (bicyclic) bond motifs is 5. The van der Waals surface area contributed by atoms with Crippen LogP contribution >= 0.6 is 0 Å². The third kappa shape index (κ3) is 1.84. The lowest BCUT2D eigenvalue weighted by Crippen LogP contribution is -1.88. The van der Waals surface area contributed by atoms with Gasteiger partial charge in [0.15, 0.2) is 0 Å². The first-order valence-electron chi connectivity index (χ1n) is 8.18. The molecule has 0 heterocycles. The summed E-state index contributed by atoms with van der Waals surface area (Å²) in [7, 11) is 0. The minimum atomic E-state index is 1.08. The molecule has 4 aromatic rings. The highest BCUT2D eigenvalue weighted by atomic mass is 14.1. The zero-order chi connectivity index (χ0) is 15.1. The molecular weight excluding hydrogens is 264 g/mol. The van der Waals surface area contributed by atoms with E-state index in [1.54, 1.807) is 0 Å². The van der Waals surface area contributed by atoms with E-state index in [0.29, 0.717) is 0 Å². The first-order chi connectivity index (χ1) is 10.8. The van der Waals surface area contributed by atoms with Crippen LogP contribution in [-0.2, 0) is 12.8 Å². The van der Waals surface area contributed by atoms with Crippen LogP contribution in [0.2, 0.25) is 0 Å². The normalized spacial score (nSPS) is 11.5. The van der Waals surface area contributed by atoms with Gasteiger partial charge in [-0.25, -0.2) is 0 Å². The van der Waals surface area contributed by atoms with Gasteiger partial charge in [-0.05, 0) is 56.3 Å². The van der Waals surface area contributed by atoms with Crippen LogP contribution in [-0.4, -0.2) is 0 Å². The second kappa shape index (κ2) is 5.14. The van der Waals surface area contributed by atoms with Crippen LogP contribution in [0.3, 0.4) is 0 Å². The molecule has 0 aliphatic heterocycles. The maximum Gasteiger partial charge on any atom is -0.00989 e. The Hall–Kier alpha value is -2.34. The van der Waals surface area contributed by atoms with E-state index in [9.17, 15) is 0 Å². The lowest BCUT2D eigenvalue weighted by atomic mass is 9.93. The number of hydrogen-bond acceptors (Lipinski definition) is 0. The van der Waals surface area contributed by atoms with Gasteiger partial charge in [0.1, 0.15) is 0 Å². The maximum atomic E-state index is 2.30. The summed E-state index contributed by atoms with van der Waals surface area (Å²) >= 11 is 0. The zero-order valence-electron chi connectivity index (χ0n) is 13.2. The predicted octanol–water partition coefficient (Wildman–Crippen LogP) is 6.27. The summed E-state index contributed by atoms with van der Waals surface area (Å²) in [5.74, 6) is 0. The molecule has 0 spiro atoms. The van der Waals surface area contributed by atoms with Crippen molar-refractivity contribution in [3.8, 4) is 0 Å². The maximum absolute atomic E-state index is 2.30. The average Bonchev–Trinajstić information content (AvgIpc) is 2.59. The molecule has 0 aliphatic rings. The molecular formula is C22H20. The number of hydrogen-bond donors (Lipinski definition) is 0. The summed E-state index contributed by atoms with van der Waals surface area (Å²) < 4.78 is 0. The van der Waals surface area contributed by atoms with E-state index in [0.717, 1.165) is 12.8 Å². The third-order valence-corrected chi connectivity index (χ3v) is 4.86. The first kappa shape index (κ1) is 13.3. The average molecular weight is 284 g/mol. The highest BCUT2D eigenvalue weighted by Crippen LogP contribution is 2.33. The largest absolute Gasteiger partial charge is 0.0613 e. The van der Waals surface area contributed by atoms with Crippen molar-refractivity contribution in [3.05, 3.63) is 71.8 Å². The van der Waals surface area contributed by atoms with Gasteiger partial charge in [0.05, 0.1) is 0 Å². The van der Waals surface area contributed by atoms with Crippen LogP contribution in [0.5, 0.6) is 0 Å². The van der Waals surface area contributed by atoms with Gasteiger partial charge < -0.3 is 0 Å². The van der Waals surface area contributed by atoms with Crippen LogP contribution in [0.1, 0.15) is 25.0 Å². The molecule has 0 N–H and O–H groups in total. The first-order valence-corrected chi connectivity index (χ1v) is 8.18. The van der Waals surface area contributed by atoms with Crippen molar-refractivity contribution in [3.63, 3.8) is 0 Å². The molecule has 0 atom stereocenters. The van der Waals surface area contributed by atoms with E-state index in [1.807, 2.05) is 0 Å². The van der Waals surface area contributed by atoms with Gasteiger partial charge in [0.2, 0.25) is 0 Å². The Bertz CT molecular complexity index is 910. The van der Waals surface area contributed by atoms with Crippen molar-refractivity contribution in [2.75, 3.05) is 0 Å². The highest BCUT2D eigenvalue weighted by molar-refractivity contribution is 6.18. The molecule has 0 heteroatoms. The summed E-state index contributed by atoms with van der Waals surface area (Å²) in [6.45, 7) is 4.46. The quantitative estimate of drug-likeness (QED) is 0.380. The number of aryl methyl sites for hydroxylation is 2. The molecule has 0 saturated heterocycles. The Kier molecular flexibility index (Phi) is 3.11. The Morgan fingerprint density at radius 3 is 1.23 bits per heavy atom. The van der Waals surface area contributed by atoms with Crippen LogP contribution in [0.4, 0.5) is 0 Å². The molecule has 22 heavy (non-hydrogen) atoms. The topological polar surface area (TPSA) is 0 Å². The van der Waals surface area contributed by atoms with E-state index < -0.39 is 0 Å². The lowest BCUT2D eigenvalue weighted by molar-refractivity contribution is 1.16. The Morgan fingerprint density at radius 2 is 0.818 bits per heavy atom. The summed E-state index contributed by atoms with van der Waals surface area (Å²) in [6, 6.07) is 22.6. The standard InChI is InChI=1S/C22H20/c1-3-15-7-5-9-19-17(15)11-13-22-20-10-6-8-16(4-2)18(20)12-14-21(19)22/h5-14H,3-4H2,1-2H3. The highest BCUT2D eigenvalue weighted by Gasteiger charge is 2.08. The van der Waals surface area contributed by atoms with Crippen molar-refractivity contribution in [2.45, 2.75) is 26.7 Å². The van der Waals surface area contributed by atoms with Crippen LogP contribution in [0, 0.1) is 0 Å². The second-order valence-corrected chi connectivity index (χ2v) is 5.96. The van der Waals surface area contributed by atoms with E-state index in [-0.39, 0.29) is 0 Å². The fourth-order valence-electron chi connectivity index (χ4n) is 3.69. The van der Waals surface area contributed by atoms with E-state index in [1.165, 1.54) is 43.4 Å². The minimum Gasteiger partial charge on any atom is -0.0613 e. The molecule has 0 amide bonds. The van der Waals surface area contributed by atoms with Crippen LogP contribution in [0.25, 0.3) is 32.3 Å². The van der Waals surface area contributed by atoms with Crippen molar-refractivity contribution in [2.24, 2.45) is 0 Å². The molecule has 4 rings (SSSR count). The summed E-state index contributed by atoms with van der Waals surface area (Å²) in [6.07, 6.45) is 2.16. The lowest BCUT2D eigenvalue weighted by Gasteiger charge is -2.11. The Balaban J connectivity index is 2.18. The van der Waals surface area contributed by atoms with E-state index in [2.05, 4.69) is 74.5 Å². The monoisotopic (exact) mass is 284 g/mol. The molecule has 0 saturated carbocycles. The van der Waals surface area contributed by atoms with Gasteiger partial charge >= 0.3 is 0 Å². The van der Waals surface area contributed by atoms with E-state index in [4.69, 9.17) is 0 Å². The van der Waals surface area contributed by atoms with Gasteiger partial charge in [-0.15, -0.1) is 0 Å². The fraction of sp³-hybridized carbons (Fsp3) is 0.182. The molecule has 108 valence electrons. The fourth-order valence-corrected chi connectivity index (χ4v) is 3.69. The SMILES string of the molecule is CCc1cccc2c1ccc1c3cccc(CC)c3ccc21. The van der Waals surface area contributed by atoms with Gasteiger partial charge in [-0.3, -0.25) is 0 Å². The van der Waals surface area contributed by atoms with Crippen molar-refractivity contribution >= 4 is 32.3 Å². The Morgan fingerprint density at radius 1 is 0.455 bits per heavy atom. The molecule has 0 aromatic heterocycles. The van der Waals surface area contributed by atoms with Gasteiger partial charge in [-0.2, -0.15) is 0 Å². The van der Waals surface area contributed by atoms with Crippen LogP contribution in [0.15, 0.2) is 60.7 Å². The molecule has 0 nitrogen and oxygen atoms in total. The van der Waals surface area contributed by atoms with Crippen molar-refractivity contribution < 1.29 is 0 Å². The van der Waals surface area contributed by atoms with Gasteiger partial charge in [0.25, 0.3) is 0 Å². The third-order valence-electron chi connectivity index (χ3n) is 4.86. The number of rotatable bonds is 2. The Labute approximate surface area is 131 Å². The molecule has 0 bridgehead atoms. The molecule has 0 radical (unpaired) electrons. The molecule has 0 unspecified atom stereocenters. The summed E-state index contributed by atoms with van der Waals surface area (Å²) in [5.41, 5.74) is 2.86. The van der Waals surface area contributed by atoms with Gasteiger partial charge in [0, 0.05) is 0 Å². The zero-order valence-corrected chi connectivity index (χ0v) is 13.2. The molecule has 0 aliphatic carbocycles. The second-order valence-electron chi connectivity index (χ2n) is 5.96. The molecule has 4 aromatic carbocycles. The summed E-state index contributed by atoms with van der Waals surface area (Å²) in [4.78, 5) is 0. The van der Waals surface area contributed by atoms with Gasteiger partial charge in [-0.1, -0.05) is 74.5 Å². The predicted molar refractivity (Wildman–Crippen MR) is 97.7 cm³/mol. The molecule has 0 fully saturated rings. The van der Waals surface area contributed by atoms with Crippen LogP contribution < -0.4 is 0 Å².